The molecule has 1 aliphatic heterocycles. The monoisotopic (exact) mass is 508 g/mol. The molecule has 1 aromatic carbocycles. The highest BCUT2D eigenvalue weighted by Gasteiger charge is 2.30. The molecule has 2 aromatic heterocycles. The number of aromatic nitrogens is 1. The van der Waals surface area contributed by atoms with Crippen LogP contribution < -0.4 is 4.74 Å². The summed E-state index contributed by atoms with van der Waals surface area (Å²) in [6.45, 7) is 4.45. The van der Waals surface area contributed by atoms with Crippen LogP contribution in [-0.2, 0) is 4.79 Å². The van der Waals surface area contributed by atoms with E-state index >= 15 is 4.39 Å². The fraction of sp³-hybridized carbons (Fsp3) is 0.448. The summed E-state index contributed by atoms with van der Waals surface area (Å²) in [5, 5.41) is 10.0. The zero-order chi connectivity index (χ0) is 25.5. The van der Waals surface area contributed by atoms with Crippen molar-refractivity contribution < 1.29 is 19.0 Å². The van der Waals surface area contributed by atoms with E-state index in [4.69, 9.17) is 4.74 Å². The number of likely N-dealkylation sites (tertiary alicyclic amines) is 1. The van der Waals surface area contributed by atoms with Gasteiger partial charge in [-0.2, -0.15) is 0 Å². The number of benzene rings is 1. The van der Waals surface area contributed by atoms with Gasteiger partial charge in [-0.1, -0.05) is 11.8 Å². The molecule has 1 N–H and O–H groups in total. The van der Waals surface area contributed by atoms with Gasteiger partial charge in [0.1, 0.15) is 11.9 Å². The summed E-state index contributed by atoms with van der Waals surface area (Å²) in [5.74, 6) is 6.94. The molecule has 4 rings (SSSR count). The standard InChI is InChI=1S/C29H33FN2O3S/c1-20-5-9-24(36-20)4-3-16-32-17-14-21(22(19-32)7-12-29(33)34)6-10-27(30)25-13-15-31-28-11-8-23(35-2)18-26(25)28/h5,8-9,11,13,15,18,21-22,27H,6-7,10,12,14,16-17,19H2,1-2H3,(H,33,34)/t21-,22-,27-/m1/s1. The molecule has 36 heavy (non-hydrogen) atoms. The molecule has 0 saturated carbocycles. The first kappa shape index (κ1) is 26.1. The number of pyridine rings is 1. The molecule has 190 valence electrons. The lowest BCUT2D eigenvalue weighted by molar-refractivity contribution is -0.137. The van der Waals surface area contributed by atoms with E-state index < -0.39 is 12.1 Å². The number of hydrogen-bond acceptors (Lipinski definition) is 5. The minimum Gasteiger partial charge on any atom is -0.497 e. The first-order chi connectivity index (χ1) is 17.4. The average molecular weight is 509 g/mol. The quantitative estimate of drug-likeness (QED) is 0.346. The number of piperidine rings is 1. The Morgan fingerprint density at radius 2 is 2.14 bits per heavy atom. The number of nitrogens with zero attached hydrogens (tertiary/aromatic N) is 2. The third-order valence-electron chi connectivity index (χ3n) is 7.07. The van der Waals surface area contributed by atoms with Crippen molar-refractivity contribution in [1.29, 1.82) is 0 Å². The summed E-state index contributed by atoms with van der Waals surface area (Å²) in [6, 6.07) is 11.4. The molecule has 3 atom stereocenters. The van der Waals surface area contributed by atoms with Crippen molar-refractivity contribution >= 4 is 28.2 Å². The molecule has 3 heterocycles. The minimum atomic E-state index is -1.11. The number of thiophene rings is 1. The number of carbonyl (C=O) groups is 1. The van der Waals surface area contributed by atoms with Gasteiger partial charge in [-0.05, 0) is 92.9 Å². The second-order valence-electron chi connectivity index (χ2n) is 9.52. The Bertz CT molecular complexity index is 1250. The van der Waals surface area contributed by atoms with Crippen LogP contribution in [-0.4, -0.2) is 47.7 Å². The molecule has 0 aliphatic carbocycles. The van der Waals surface area contributed by atoms with Gasteiger partial charge in [-0.3, -0.25) is 14.7 Å². The topological polar surface area (TPSA) is 62.7 Å². The third-order valence-corrected chi connectivity index (χ3v) is 7.99. The van der Waals surface area contributed by atoms with Gasteiger partial charge in [-0.15, -0.1) is 11.3 Å². The molecular formula is C29H33FN2O3S. The number of hydrogen-bond donors (Lipinski definition) is 1. The fourth-order valence-electron chi connectivity index (χ4n) is 5.12. The molecule has 1 fully saturated rings. The van der Waals surface area contributed by atoms with E-state index in [0.29, 0.717) is 36.6 Å². The Balaban J connectivity index is 1.39. The summed E-state index contributed by atoms with van der Waals surface area (Å²) < 4.78 is 20.8. The number of carboxylic acid groups (broad SMARTS) is 1. The molecule has 0 radical (unpaired) electrons. The lowest BCUT2D eigenvalue weighted by Gasteiger charge is -2.38. The van der Waals surface area contributed by atoms with Crippen LogP contribution in [0.2, 0.25) is 0 Å². The molecule has 5 nitrogen and oxygen atoms in total. The molecule has 0 unspecified atom stereocenters. The van der Waals surface area contributed by atoms with Crippen LogP contribution in [0.4, 0.5) is 4.39 Å². The van der Waals surface area contributed by atoms with E-state index in [1.807, 2.05) is 24.3 Å². The Hall–Kier alpha value is -2.95. The second-order valence-corrected chi connectivity index (χ2v) is 10.8. The number of alkyl halides is 1. The number of rotatable bonds is 9. The molecule has 1 saturated heterocycles. The molecule has 0 bridgehead atoms. The van der Waals surface area contributed by atoms with Gasteiger partial charge in [0.2, 0.25) is 0 Å². The largest absolute Gasteiger partial charge is 0.497 e. The predicted octanol–water partition coefficient (Wildman–Crippen LogP) is 6.26. The SMILES string of the molecule is COc1ccc2nccc([C@H](F)CC[C@@H]3CCN(CC#Cc4ccc(C)s4)C[C@H]3CCC(=O)O)c2c1. The van der Waals surface area contributed by atoms with Crippen molar-refractivity contribution in [3.63, 3.8) is 0 Å². The van der Waals surface area contributed by atoms with Gasteiger partial charge in [0.05, 0.1) is 24.0 Å². The van der Waals surface area contributed by atoms with Crippen LogP contribution in [0.15, 0.2) is 42.6 Å². The van der Waals surface area contributed by atoms with Crippen LogP contribution in [0, 0.1) is 30.6 Å². The number of ether oxygens (including phenoxy) is 1. The highest BCUT2D eigenvalue weighted by Crippen LogP contribution is 2.36. The molecule has 0 amide bonds. The summed E-state index contributed by atoms with van der Waals surface area (Å²) >= 11 is 1.69. The first-order valence-corrected chi connectivity index (χ1v) is 13.3. The molecule has 0 spiro atoms. The number of methoxy groups -OCH3 is 1. The number of aryl methyl sites for hydroxylation is 1. The number of fused-ring (bicyclic) bond motifs is 1. The van der Waals surface area contributed by atoms with Crippen molar-refractivity contribution in [2.24, 2.45) is 11.8 Å². The highest BCUT2D eigenvalue weighted by atomic mass is 32.1. The van der Waals surface area contributed by atoms with Crippen molar-refractivity contribution in [2.75, 3.05) is 26.7 Å². The van der Waals surface area contributed by atoms with E-state index in [9.17, 15) is 9.90 Å². The lowest BCUT2D eigenvalue weighted by Crippen LogP contribution is -2.41. The van der Waals surface area contributed by atoms with E-state index in [-0.39, 0.29) is 12.3 Å². The lowest BCUT2D eigenvalue weighted by atomic mass is 9.79. The van der Waals surface area contributed by atoms with E-state index in [0.717, 1.165) is 41.7 Å². The summed E-state index contributed by atoms with van der Waals surface area (Å²) in [6.07, 6.45) is 3.37. The van der Waals surface area contributed by atoms with Crippen LogP contribution in [0.25, 0.3) is 10.9 Å². The van der Waals surface area contributed by atoms with Crippen LogP contribution >= 0.6 is 11.3 Å². The zero-order valence-corrected chi connectivity index (χ0v) is 21.7. The van der Waals surface area contributed by atoms with Gasteiger partial charge in [0.25, 0.3) is 0 Å². The highest BCUT2D eigenvalue weighted by molar-refractivity contribution is 7.12. The average Bonchev–Trinajstić information content (AvgIpc) is 3.30. The molecule has 3 aromatic rings. The predicted molar refractivity (Wildman–Crippen MR) is 142 cm³/mol. The van der Waals surface area contributed by atoms with E-state index in [1.54, 1.807) is 30.7 Å². The first-order valence-electron chi connectivity index (χ1n) is 12.5. The van der Waals surface area contributed by atoms with Gasteiger partial charge < -0.3 is 9.84 Å². The fourth-order valence-corrected chi connectivity index (χ4v) is 5.86. The van der Waals surface area contributed by atoms with Crippen LogP contribution in [0.3, 0.4) is 0 Å². The number of halogens is 1. The van der Waals surface area contributed by atoms with Crippen LogP contribution in [0.1, 0.15) is 53.6 Å². The maximum absolute atomic E-state index is 15.5. The Labute approximate surface area is 216 Å². The smallest absolute Gasteiger partial charge is 0.303 e. The Morgan fingerprint density at radius 1 is 1.28 bits per heavy atom. The van der Waals surface area contributed by atoms with Gasteiger partial charge in [0.15, 0.2) is 0 Å². The number of carboxylic acids is 1. The van der Waals surface area contributed by atoms with Gasteiger partial charge in [-0.25, -0.2) is 4.39 Å². The van der Waals surface area contributed by atoms with E-state index in [2.05, 4.69) is 34.7 Å². The zero-order valence-electron chi connectivity index (χ0n) is 20.9. The maximum Gasteiger partial charge on any atom is 0.303 e. The van der Waals surface area contributed by atoms with Crippen molar-refractivity contribution in [1.82, 2.24) is 9.88 Å². The van der Waals surface area contributed by atoms with Crippen molar-refractivity contribution in [2.45, 2.75) is 45.2 Å². The molecular weight excluding hydrogens is 475 g/mol. The normalized spacial score (nSPS) is 19.0. The third kappa shape index (κ3) is 6.83. The van der Waals surface area contributed by atoms with Gasteiger partial charge >= 0.3 is 5.97 Å². The molecule has 7 heteroatoms. The van der Waals surface area contributed by atoms with Gasteiger partial charge in [0, 0.05) is 29.4 Å². The molecule has 1 aliphatic rings. The van der Waals surface area contributed by atoms with Crippen molar-refractivity contribution in [3.8, 4) is 17.6 Å². The summed E-state index contributed by atoms with van der Waals surface area (Å²) in [4.78, 5) is 20.3. The minimum absolute atomic E-state index is 0.142. The second kappa shape index (κ2) is 12.3. The van der Waals surface area contributed by atoms with Crippen LogP contribution in [0.5, 0.6) is 5.75 Å². The Morgan fingerprint density at radius 3 is 2.89 bits per heavy atom. The number of aliphatic carboxylic acids is 1. The van der Waals surface area contributed by atoms with E-state index in [1.165, 1.54) is 4.88 Å². The van der Waals surface area contributed by atoms with Crippen molar-refractivity contribution in [3.05, 3.63) is 57.9 Å². The Kier molecular flexibility index (Phi) is 8.95. The maximum atomic E-state index is 15.5. The summed E-state index contributed by atoms with van der Waals surface area (Å²) in [5.41, 5.74) is 1.39. The summed E-state index contributed by atoms with van der Waals surface area (Å²) in [7, 11) is 1.60.